The Hall–Kier alpha value is -2.07. The lowest BCUT2D eigenvalue weighted by molar-refractivity contribution is -0.138. The second-order valence-electron chi connectivity index (χ2n) is 5.70. The quantitative estimate of drug-likeness (QED) is 0.887. The molecule has 2 atom stereocenters. The monoisotopic (exact) mass is 287 g/mol. The Labute approximate surface area is 124 Å². The van der Waals surface area contributed by atoms with Crippen LogP contribution >= 0.6 is 0 Å². The number of aliphatic carboxylic acids is 1. The largest absolute Gasteiger partial charge is 0.497 e. The summed E-state index contributed by atoms with van der Waals surface area (Å²) in [6.07, 6.45) is 0.00628. The number of carbonyl (C=O) groups is 1. The van der Waals surface area contributed by atoms with Crippen LogP contribution in [0.1, 0.15) is 25.8 Å². The SMILES string of the molecule is COc1ccc2cc(C(C)(CC(=O)O)C(C)N)ccc2c1. The Bertz CT molecular complexity index is 666. The fraction of sp³-hybridized carbons (Fsp3) is 0.353. The molecule has 0 aliphatic heterocycles. The molecule has 2 rings (SSSR count). The van der Waals surface area contributed by atoms with Crippen molar-refractivity contribution in [2.75, 3.05) is 7.11 Å². The summed E-state index contributed by atoms with van der Waals surface area (Å²) in [5.41, 5.74) is 6.40. The first-order valence-corrected chi connectivity index (χ1v) is 6.92. The van der Waals surface area contributed by atoms with Gasteiger partial charge in [0.2, 0.25) is 0 Å². The zero-order chi connectivity index (χ0) is 15.6. The van der Waals surface area contributed by atoms with Crippen LogP contribution in [0.25, 0.3) is 10.8 Å². The van der Waals surface area contributed by atoms with Gasteiger partial charge in [-0.1, -0.05) is 31.2 Å². The molecule has 2 unspecified atom stereocenters. The van der Waals surface area contributed by atoms with Crippen LogP contribution in [0.15, 0.2) is 36.4 Å². The normalized spacial score (nSPS) is 15.4. The molecule has 0 radical (unpaired) electrons. The molecule has 21 heavy (non-hydrogen) atoms. The van der Waals surface area contributed by atoms with Gasteiger partial charge in [0.25, 0.3) is 0 Å². The van der Waals surface area contributed by atoms with Crippen molar-refractivity contribution in [1.29, 1.82) is 0 Å². The molecule has 0 spiro atoms. The van der Waals surface area contributed by atoms with Gasteiger partial charge in [0.15, 0.2) is 0 Å². The van der Waals surface area contributed by atoms with E-state index in [2.05, 4.69) is 0 Å². The van der Waals surface area contributed by atoms with Crippen LogP contribution in [0.2, 0.25) is 0 Å². The molecule has 0 aliphatic rings. The summed E-state index contributed by atoms with van der Waals surface area (Å²) in [5, 5.41) is 11.3. The van der Waals surface area contributed by atoms with Crippen LogP contribution < -0.4 is 10.5 Å². The highest BCUT2D eigenvalue weighted by Crippen LogP contribution is 2.33. The highest BCUT2D eigenvalue weighted by atomic mass is 16.5. The molecular formula is C17H21NO3. The number of fused-ring (bicyclic) bond motifs is 1. The average Bonchev–Trinajstić information content (AvgIpc) is 2.45. The van der Waals surface area contributed by atoms with Crippen LogP contribution in [0.5, 0.6) is 5.75 Å². The number of methoxy groups -OCH3 is 1. The van der Waals surface area contributed by atoms with Crippen LogP contribution in [0.3, 0.4) is 0 Å². The molecule has 2 aromatic carbocycles. The van der Waals surface area contributed by atoms with E-state index in [1.807, 2.05) is 50.2 Å². The first-order valence-electron chi connectivity index (χ1n) is 6.92. The molecule has 0 bridgehead atoms. The fourth-order valence-electron chi connectivity index (χ4n) is 2.55. The molecule has 0 saturated heterocycles. The van der Waals surface area contributed by atoms with E-state index < -0.39 is 11.4 Å². The van der Waals surface area contributed by atoms with Crippen LogP contribution in [0, 0.1) is 0 Å². The molecule has 4 heteroatoms. The lowest BCUT2D eigenvalue weighted by Gasteiger charge is -2.33. The molecule has 0 amide bonds. The summed E-state index contributed by atoms with van der Waals surface area (Å²) in [6.45, 7) is 3.75. The number of ether oxygens (including phenoxy) is 1. The minimum Gasteiger partial charge on any atom is -0.497 e. The third-order valence-corrected chi connectivity index (χ3v) is 4.23. The van der Waals surface area contributed by atoms with E-state index in [1.54, 1.807) is 7.11 Å². The number of rotatable bonds is 5. The highest BCUT2D eigenvalue weighted by molar-refractivity contribution is 5.85. The molecule has 0 aromatic heterocycles. The summed E-state index contributed by atoms with van der Waals surface area (Å²) in [6, 6.07) is 11.5. The molecule has 0 saturated carbocycles. The van der Waals surface area contributed by atoms with Gasteiger partial charge in [0, 0.05) is 11.5 Å². The topological polar surface area (TPSA) is 72.5 Å². The molecular weight excluding hydrogens is 266 g/mol. The number of benzene rings is 2. The standard InChI is InChI=1S/C17H21NO3/c1-11(18)17(2,10-16(19)20)14-6-4-13-9-15(21-3)7-5-12(13)8-14/h4-9,11H,10,18H2,1-3H3,(H,19,20). The first kappa shape index (κ1) is 15.3. The maximum absolute atomic E-state index is 11.2. The number of nitrogens with two attached hydrogens (primary N) is 1. The van der Waals surface area contributed by atoms with Crippen molar-refractivity contribution in [2.24, 2.45) is 5.73 Å². The Morgan fingerprint density at radius 2 is 1.90 bits per heavy atom. The van der Waals surface area contributed by atoms with E-state index in [0.717, 1.165) is 22.1 Å². The predicted molar refractivity (Wildman–Crippen MR) is 83.8 cm³/mol. The van der Waals surface area contributed by atoms with Crippen molar-refractivity contribution in [3.05, 3.63) is 42.0 Å². The average molecular weight is 287 g/mol. The molecule has 0 heterocycles. The van der Waals surface area contributed by atoms with Gasteiger partial charge in [0.05, 0.1) is 13.5 Å². The number of hydrogen-bond acceptors (Lipinski definition) is 3. The Balaban J connectivity index is 2.51. The lowest BCUT2D eigenvalue weighted by Crippen LogP contribution is -2.42. The van der Waals surface area contributed by atoms with Gasteiger partial charge in [-0.3, -0.25) is 4.79 Å². The van der Waals surface area contributed by atoms with Crippen LogP contribution in [-0.2, 0) is 10.2 Å². The van der Waals surface area contributed by atoms with E-state index in [1.165, 1.54) is 0 Å². The maximum Gasteiger partial charge on any atom is 0.304 e. The van der Waals surface area contributed by atoms with E-state index >= 15 is 0 Å². The van der Waals surface area contributed by atoms with Crippen molar-refractivity contribution < 1.29 is 14.6 Å². The van der Waals surface area contributed by atoms with Crippen molar-refractivity contribution >= 4 is 16.7 Å². The highest BCUT2D eigenvalue weighted by Gasteiger charge is 2.33. The first-order chi connectivity index (χ1) is 9.86. The Morgan fingerprint density at radius 3 is 2.48 bits per heavy atom. The van der Waals surface area contributed by atoms with Gasteiger partial charge < -0.3 is 15.6 Å². The maximum atomic E-state index is 11.2. The second-order valence-corrected chi connectivity index (χ2v) is 5.70. The molecule has 0 aliphatic carbocycles. The second kappa shape index (κ2) is 5.74. The summed E-state index contributed by atoms with van der Waals surface area (Å²) in [4.78, 5) is 11.2. The zero-order valence-corrected chi connectivity index (χ0v) is 12.6. The van der Waals surface area contributed by atoms with Crippen LogP contribution in [0.4, 0.5) is 0 Å². The van der Waals surface area contributed by atoms with Crippen molar-refractivity contribution in [3.63, 3.8) is 0 Å². The molecule has 3 N–H and O–H groups in total. The third-order valence-electron chi connectivity index (χ3n) is 4.23. The smallest absolute Gasteiger partial charge is 0.304 e. The Kier molecular flexibility index (Phi) is 4.19. The van der Waals surface area contributed by atoms with Gasteiger partial charge in [0.1, 0.15) is 5.75 Å². The van der Waals surface area contributed by atoms with Crippen molar-refractivity contribution in [3.8, 4) is 5.75 Å². The van der Waals surface area contributed by atoms with Crippen molar-refractivity contribution in [1.82, 2.24) is 0 Å². The summed E-state index contributed by atoms with van der Waals surface area (Å²) in [5.74, 6) is -0.0413. The van der Waals surface area contributed by atoms with E-state index in [9.17, 15) is 4.79 Å². The van der Waals surface area contributed by atoms with E-state index in [4.69, 9.17) is 15.6 Å². The number of hydrogen-bond donors (Lipinski definition) is 2. The molecule has 2 aromatic rings. The Morgan fingerprint density at radius 1 is 1.29 bits per heavy atom. The van der Waals surface area contributed by atoms with E-state index in [0.29, 0.717) is 0 Å². The van der Waals surface area contributed by atoms with Gasteiger partial charge in [-0.2, -0.15) is 0 Å². The summed E-state index contributed by atoms with van der Waals surface area (Å²) in [7, 11) is 1.63. The molecule has 112 valence electrons. The van der Waals surface area contributed by atoms with Gasteiger partial charge in [-0.15, -0.1) is 0 Å². The number of carboxylic acid groups (broad SMARTS) is 1. The molecule has 4 nitrogen and oxygen atoms in total. The third kappa shape index (κ3) is 3.00. The molecule has 0 fully saturated rings. The lowest BCUT2D eigenvalue weighted by atomic mass is 9.74. The van der Waals surface area contributed by atoms with Crippen molar-refractivity contribution in [2.45, 2.75) is 31.7 Å². The summed E-state index contributed by atoms with van der Waals surface area (Å²) >= 11 is 0. The van der Waals surface area contributed by atoms with Crippen LogP contribution in [-0.4, -0.2) is 24.2 Å². The number of carboxylic acids is 1. The predicted octanol–water partition coefficient (Wildman–Crippen LogP) is 2.93. The van der Waals surface area contributed by atoms with E-state index in [-0.39, 0.29) is 12.5 Å². The zero-order valence-electron chi connectivity index (χ0n) is 12.6. The van der Waals surface area contributed by atoms with Gasteiger partial charge in [-0.25, -0.2) is 0 Å². The van der Waals surface area contributed by atoms with Gasteiger partial charge >= 0.3 is 5.97 Å². The van der Waals surface area contributed by atoms with Gasteiger partial charge in [-0.05, 0) is 35.4 Å². The fourth-order valence-corrected chi connectivity index (χ4v) is 2.55. The minimum absolute atomic E-state index is 0.00628. The summed E-state index contributed by atoms with van der Waals surface area (Å²) < 4.78 is 5.21. The minimum atomic E-state index is -0.843.